The molecule has 1 aromatic heterocycles. The fourth-order valence-corrected chi connectivity index (χ4v) is 3.85. The molecule has 0 bridgehead atoms. The van der Waals surface area contributed by atoms with Gasteiger partial charge in [0.15, 0.2) is 5.76 Å². The third-order valence-corrected chi connectivity index (χ3v) is 5.61. The van der Waals surface area contributed by atoms with Crippen LogP contribution < -0.4 is 5.32 Å². The number of carbonyl (C=O) groups is 1. The quantitative estimate of drug-likeness (QED) is 0.928. The summed E-state index contributed by atoms with van der Waals surface area (Å²) in [5.41, 5.74) is 1.52. The predicted octanol–water partition coefficient (Wildman–Crippen LogP) is 1.90. The topological polar surface area (TPSA) is 79.6 Å². The molecule has 0 saturated carbocycles. The lowest BCUT2D eigenvalue weighted by Crippen LogP contribution is -2.46. The van der Waals surface area contributed by atoms with E-state index in [2.05, 4.69) is 5.32 Å². The first-order chi connectivity index (χ1) is 10.9. The lowest BCUT2D eigenvalue weighted by molar-refractivity contribution is 0.0897. The number of benzene rings is 1. The van der Waals surface area contributed by atoms with Gasteiger partial charge in [-0.3, -0.25) is 4.79 Å². The first kappa shape index (κ1) is 16.0. The van der Waals surface area contributed by atoms with Gasteiger partial charge in [-0.2, -0.15) is 0 Å². The number of para-hydroxylation sites is 1. The van der Waals surface area contributed by atoms with Crippen LogP contribution in [-0.4, -0.2) is 44.0 Å². The van der Waals surface area contributed by atoms with Crippen molar-refractivity contribution in [3.8, 4) is 0 Å². The van der Waals surface area contributed by atoms with Gasteiger partial charge in [0.2, 0.25) is 10.0 Å². The van der Waals surface area contributed by atoms with Crippen molar-refractivity contribution in [2.75, 3.05) is 19.3 Å². The highest BCUT2D eigenvalue weighted by Gasteiger charge is 2.27. The maximum absolute atomic E-state index is 12.4. The third-order valence-electron chi connectivity index (χ3n) is 4.31. The number of furan rings is 1. The van der Waals surface area contributed by atoms with Crippen molar-refractivity contribution in [2.24, 2.45) is 0 Å². The zero-order valence-corrected chi connectivity index (χ0v) is 14.0. The molecule has 2 aromatic rings. The highest BCUT2D eigenvalue weighted by molar-refractivity contribution is 7.88. The second-order valence-corrected chi connectivity index (χ2v) is 7.94. The van der Waals surface area contributed by atoms with E-state index in [1.54, 1.807) is 0 Å². The summed E-state index contributed by atoms with van der Waals surface area (Å²) in [6, 6.07) is 7.51. The Morgan fingerprint density at radius 1 is 1.26 bits per heavy atom. The van der Waals surface area contributed by atoms with Gasteiger partial charge < -0.3 is 9.73 Å². The largest absolute Gasteiger partial charge is 0.451 e. The molecule has 1 aromatic carbocycles. The summed E-state index contributed by atoms with van der Waals surface area (Å²) in [6.07, 6.45) is 2.43. The molecule has 0 spiro atoms. The van der Waals surface area contributed by atoms with Crippen LogP contribution in [0.3, 0.4) is 0 Å². The predicted molar refractivity (Wildman–Crippen MR) is 87.9 cm³/mol. The van der Waals surface area contributed by atoms with Crippen LogP contribution in [0.2, 0.25) is 0 Å². The number of rotatable bonds is 3. The molecule has 6 nitrogen and oxygen atoms in total. The van der Waals surface area contributed by atoms with Crippen LogP contribution in [-0.2, 0) is 10.0 Å². The second kappa shape index (κ2) is 5.98. The number of nitrogens with zero attached hydrogens (tertiary/aromatic N) is 1. The van der Waals surface area contributed by atoms with Gasteiger partial charge in [-0.15, -0.1) is 0 Å². The van der Waals surface area contributed by atoms with Gasteiger partial charge >= 0.3 is 0 Å². The molecule has 124 valence electrons. The highest BCUT2D eigenvalue weighted by Crippen LogP contribution is 2.25. The normalized spacial score (nSPS) is 17.5. The summed E-state index contributed by atoms with van der Waals surface area (Å²) in [7, 11) is -3.15. The van der Waals surface area contributed by atoms with Gasteiger partial charge in [0.25, 0.3) is 5.91 Å². The third kappa shape index (κ3) is 3.25. The number of piperidine rings is 1. The fraction of sp³-hybridized carbons (Fsp3) is 0.438. The number of nitrogens with one attached hydrogen (secondary N) is 1. The van der Waals surface area contributed by atoms with E-state index in [1.807, 2.05) is 31.2 Å². The molecule has 1 N–H and O–H groups in total. The number of fused-ring (bicyclic) bond motifs is 1. The minimum absolute atomic E-state index is 0.0342. The van der Waals surface area contributed by atoms with E-state index < -0.39 is 10.0 Å². The van der Waals surface area contributed by atoms with E-state index in [0.717, 1.165) is 10.9 Å². The van der Waals surface area contributed by atoms with Gasteiger partial charge in [-0.1, -0.05) is 18.2 Å². The Balaban J connectivity index is 1.69. The van der Waals surface area contributed by atoms with Crippen LogP contribution in [0.25, 0.3) is 11.0 Å². The highest BCUT2D eigenvalue weighted by atomic mass is 32.2. The monoisotopic (exact) mass is 336 g/mol. The van der Waals surface area contributed by atoms with Gasteiger partial charge in [-0.25, -0.2) is 12.7 Å². The molecule has 2 heterocycles. The van der Waals surface area contributed by atoms with E-state index in [-0.39, 0.29) is 11.9 Å². The Hall–Kier alpha value is -1.86. The zero-order valence-electron chi connectivity index (χ0n) is 13.2. The second-order valence-electron chi connectivity index (χ2n) is 5.96. The van der Waals surface area contributed by atoms with E-state index >= 15 is 0 Å². The average molecular weight is 336 g/mol. The molecular formula is C16H20N2O4S. The standard InChI is InChI=1S/C16H20N2O4S/c1-11-13-5-3-4-6-14(13)22-15(11)16(19)17-12-7-9-18(10-8-12)23(2,20)21/h3-6,12H,7-10H2,1-2H3,(H,17,19). The minimum atomic E-state index is -3.15. The molecular weight excluding hydrogens is 316 g/mol. The van der Waals surface area contributed by atoms with Gasteiger partial charge in [0.1, 0.15) is 5.58 Å². The molecule has 1 aliphatic rings. The van der Waals surface area contributed by atoms with Crippen LogP contribution in [0, 0.1) is 6.92 Å². The molecule has 0 radical (unpaired) electrons. The van der Waals surface area contributed by atoms with Gasteiger partial charge in [0.05, 0.1) is 6.26 Å². The Labute approximate surface area is 135 Å². The van der Waals surface area contributed by atoms with Crippen molar-refractivity contribution in [2.45, 2.75) is 25.8 Å². The molecule has 0 atom stereocenters. The van der Waals surface area contributed by atoms with Crippen LogP contribution in [0.5, 0.6) is 0 Å². The van der Waals surface area contributed by atoms with Crippen LogP contribution in [0.4, 0.5) is 0 Å². The molecule has 1 saturated heterocycles. The lowest BCUT2D eigenvalue weighted by atomic mass is 10.1. The zero-order chi connectivity index (χ0) is 16.6. The van der Waals surface area contributed by atoms with Crippen molar-refractivity contribution in [3.05, 3.63) is 35.6 Å². The van der Waals surface area contributed by atoms with Crippen LogP contribution in [0.15, 0.2) is 28.7 Å². The van der Waals surface area contributed by atoms with Crippen molar-refractivity contribution in [1.82, 2.24) is 9.62 Å². The van der Waals surface area contributed by atoms with Crippen LogP contribution in [0.1, 0.15) is 29.0 Å². The number of hydrogen-bond acceptors (Lipinski definition) is 4. The maximum Gasteiger partial charge on any atom is 0.287 e. The number of hydrogen-bond donors (Lipinski definition) is 1. The molecule has 23 heavy (non-hydrogen) atoms. The summed E-state index contributed by atoms with van der Waals surface area (Å²) in [5, 5.41) is 3.89. The van der Waals surface area contributed by atoms with E-state index in [9.17, 15) is 13.2 Å². The molecule has 0 unspecified atom stereocenters. The molecule has 7 heteroatoms. The number of sulfonamides is 1. The van der Waals surface area contributed by atoms with Crippen molar-refractivity contribution < 1.29 is 17.6 Å². The molecule has 1 fully saturated rings. The SMILES string of the molecule is Cc1c(C(=O)NC2CCN(S(C)(=O)=O)CC2)oc2ccccc12. The lowest BCUT2D eigenvalue weighted by Gasteiger charge is -2.30. The Bertz CT molecular complexity index is 833. The summed E-state index contributed by atoms with van der Waals surface area (Å²) in [6.45, 7) is 2.73. The summed E-state index contributed by atoms with van der Waals surface area (Å²) in [5.74, 6) is 0.0910. The molecule has 1 amide bonds. The van der Waals surface area contributed by atoms with Gasteiger partial charge in [-0.05, 0) is 25.8 Å². The number of carbonyl (C=O) groups excluding carboxylic acids is 1. The Kier molecular flexibility index (Phi) is 4.16. The van der Waals surface area contributed by atoms with Gasteiger partial charge in [0, 0.05) is 30.1 Å². The average Bonchev–Trinajstić information content (AvgIpc) is 2.85. The minimum Gasteiger partial charge on any atom is -0.451 e. The molecule has 1 aliphatic heterocycles. The number of aryl methyl sites for hydroxylation is 1. The Morgan fingerprint density at radius 3 is 2.52 bits per heavy atom. The number of amides is 1. The summed E-state index contributed by atoms with van der Waals surface area (Å²) in [4.78, 5) is 12.4. The van der Waals surface area contributed by atoms with E-state index in [1.165, 1.54) is 10.6 Å². The van der Waals surface area contributed by atoms with Crippen molar-refractivity contribution >= 4 is 26.9 Å². The fourth-order valence-electron chi connectivity index (χ4n) is 2.97. The van der Waals surface area contributed by atoms with E-state index in [4.69, 9.17) is 4.42 Å². The maximum atomic E-state index is 12.4. The molecule has 0 aliphatic carbocycles. The molecule has 3 rings (SSSR count). The van der Waals surface area contributed by atoms with Crippen LogP contribution >= 0.6 is 0 Å². The Morgan fingerprint density at radius 2 is 1.91 bits per heavy atom. The van der Waals surface area contributed by atoms with E-state index in [0.29, 0.717) is 37.3 Å². The summed E-state index contributed by atoms with van der Waals surface area (Å²) < 4.78 is 30.1. The smallest absolute Gasteiger partial charge is 0.287 e. The summed E-state index contributed by atoms with van der Waals surface area (Å²) >= 11 is 0. The first-order valence-corrected chi connectivity index (χ1v) is 9.45. The van der Waals surface area contributed by atoms with Crippen molar-refractivity contribution in [1.29, 1.82) is 0 Å². The van der Waals surface area contributed by atoms with Crippen molar-refractivity contribution in [3.63, 3.8) is 0 Å². The first-order valence-electron chi connectivity index (χ1n) is 7.60.